The summed E-state index contributed by atoms with van der Waals surface area (Å²) in [6.07, 6.45) is 2.43. The minimum atomic E-state index is -3.49. The molecule has 0 bridgehead atoms. The predicted octanol–water partition coefficient (Wildman–Crippen LogP) is 0.798. The normalized spacial score (nSPS) is 17.7. The molecule has 1 aliphatic rings. The van der Waals surface area contributed by atoms with E-state index in [2.05, 4.69) is 21.8 Å². The topological polar surface area (TPSA) is 67.2 Å². The molecule has 0 aromatic carbocycles. The van der Waals surface area contributed by atoms with Crippen LogP contribution in [0.1, 0.15) is 31.2 Å². The monoisotopic (exact) mass is 300 g/mol. The van der Waals surface area contributed by atoms with Gasteiger partial charge in [0.05, 0.1) is 11.4 Å². The summed E-state index contributed by atoms with van der Waals surface area (Å²) in [4.78, 5) is 2.55. The van der Waals surface area contributed by atoms with Crippen LogP contribution in [0.4, 0.5) is 0 Å². The maximum Gasteiger partial charge on any atom is 0.244 e. The highest BCUT2D eigenvalue weighted by Gasteiger charge is 2.30. The van der Waals surface area contributed by atoms with Crippen LogP contribution in [0, 0.1) is 13.8 Å². The highest BCUT2D eigenvalue weighted by Crippen LogP contribution is 2.27. The lowest BCUT2D eigenvalue weighted by molar-refractivity contribution is 0.248. The largest absolute Gasteiger partial charge is 0.299 e. The third-order valence-corrected chi connectivity index (χ3v) is 5.77. The molecule has 1 aliphatic carbocycles. The second-order valence-corrected chi connectivity index (χ2v) is 7.42. The molecule has 1 N–H and O–H groups in total. The molecular weight excluding hydrogens is 276 g/mol. The quantitative estimate of drug-likeness (QED) is 0.844. The van der Waals surface area contributed by atoms with Crippen LogP contribution in [0.15, 0.2) is 4.90 Å². The molecule has 1 unspecified atom stereocenters. The van der Waals surface area contributed by atoms with E-state index in [-0.39, 0.29) is 6.04 Å². The summed E-state index contributed by atoms with van der Waals surface area (Å²) in [5, 5.41) is 4.16. The number of sulfonamides is 1. The summed E-state index contributed by atoms with van der Waals surface area (Å²) in [5.41, 5.74) is 1.21. The molecule has 0 saturated heterocycles. The molecule has 0 radical (unpaired) electrons. The fourth-order valence-corrected chi connectivity index (χ4v) is 3.99. The lowest BCUT2D eigenvalue weighted by atomic mass is 10.3. The number of likely N-dealkylation sites (N-methyl/N-ethyl adjacent to an activating group) is 1. The van der Waals surface area contributed by atoms with Crippen molar-refractivity contribution >= 4 is 10.0 Å². The van der Waals surface area contributed by atoms with Gasteiger partial charge in [0.2, 0.25) is 10.0 Å². The third kappa shape index (κ3) is 3.05. The number of aromatic nitrogens is 2. The molecule has 114 valence electrons. The second-order valence-electron chi connectivity index (χ2n) is 5.72. The zero-order chi connectivity index (χ0) is 15.1. The van der Waals surface area contributed by atoms with E-state index in [1.54, 1.807) is 25.6 Å². The van der Waals surface area contributed by atoms with Gasteiger partial charge in [0, 0.05) is 25.7 Å². The Kier molecular flexibility index (Phi) is 4.22. The summed E-state index contributed by atoms with van der Waals surface area (Å²) in [6, 6.07) is 0.811. The van der Waals surface area contributed by atoms with Crippen molar-refractivity contribution in [3.63, 3.8) is 0 Å². The number of hydrogen-bond donors (Lipinski definition) is 1. The summed E-state index contributed by atoms with van der Waals surface area (Å²) in [7, 11) is 0.313. The van der Waals surface area contributed by atoms with Crippen LogP contribution in [0.3, 0.4) is 0 Å². The number of nitrogens with zero attached hydrogens (tertiary/aromatic N) is 3. The molecule has 0 amide bonds. The van der Waals surface area contributed by atoms with Crippen LogP contribution in [-0.4, -0.2) is 48.8 Å². The molecule has 7 heteroatoms. The van der Waals surface area contributed by atoms with Gasteiger partial charge in [-0.2, -0.15) is 5.10 Å². The highest BCUT2D eigenvalue weighted by atomic mass is 32.2. The van der Waals surface area contributed by atoms with E-state index in [1.807, 2.05) is 6.92 Å². The molecule has 0 aliphatic heterocycles. The summed E-state index contributed by atoms with van der Waals surface area (Å²) >= 11 is 0. The highest BCUT2D eigenvalue weighted by molar-refractivity contribution is 7.89. The Labute approximate surface area is 121 Å². The molecule has 1 atom stereocenters. The molecule has 1 heterocycles. The summed E-state index contributed by atoms with van der Waals surface area (Å²) in [6.45, 7) is 5.96. The number of aryl methyl sites for hydroxylation is 2. The minimum Gasteiger partial charge on any atom is -0.299 e. The van der Waals surface area contributed by atoms with Crippen molar-refractivity contribution in [2.45, 2.75) is 50.6 Å². The Balaban J connectivity index is 2.07. The fourth-order valence-electron chi connectivity index (χ4n) is 2.43. The van der Waals surface area contributed by atoms with E-state index in [0.29, 0.717) is 28.9 Å². The Morgan fingerprint density at radius 3 is 2.50 bits per heavy atom. The Hall–Kier alpha value is -0.920. The zero-order valence-electron chi connectivity index (χ0n) is 12.8. The first-order valence-corrected chi connectivity index (χ1v) is 8.44. The average molecular weight is 300 g/mol. The molecule has 2 rings (SSSR count). The van der Waals surface area contributed by atoms with Gasteiger partial charge in [-0.15, -0.1) is 0 Å². The first-order valence-electron chi connectivity index (χ1n) is 6.96. The average Bonchev–Trinajstić information content (AvgIpc) is 3.15. The smallest absolute Gasteiger partial charge is 0.244 e. The summed E-state index contributed by atoms with van der Waals surface area (Å²) < 4.78 is 29.1. The van der Waals surface area contributed by atoms with Gasteiger partial charge >= 0.3 is 0 Å². The number of nitrogens with one attached hydrogen (secondary N) is 1. The zero-order valence-corrected chi connectivity index (χ0v) is 13.7. The first kappa shape index (κ1) is 15.5. The number of hydrogen-bond acceptors (Lipinski definition) is 4. The van der Waals surface area contributed by atoms with E-state index in [1.165, 1.54) is 12.8 Å². The van der Waals surface area contributed by atoms with Gasteiger partial charge in [-0.25, -0.2) is 13.1 Å². The lowest BCUT2D eigenvalue weighted by Crippen LogP contribution is -2.41. The van der Waals surface area contributed by atoms with Crippen molar-refractivity contribution in [3.8, 4) is 0 Å². The standard InChI is InChI=1S/C13H24N4O2S/c1-9(16(4)12-6-7-12)8-14-20(18,19)13-10(2)15-17(5)11(13)3/h9,12,14H,6-8H2,1-5H3. The maximum atomic E-state index is 12.4. The fraction of sp³-hybridized carbons (Fsp3) is 0.769. The van der Waals surface area contributed by atoms with Crippen LogP contribution in [0.25, 0.3) is 0 Å². The van der Waals surface area contributed by atoms with Gasteiger partial charge in [0.1, 0.15) is 4.90 Å². The van der Waals surface area contributed by atoms with Crippen molar-refractivity contribution in [1.29, 1.82) is 0 Å². The van der Waals surface area contributed by atoms with E-state index in [9.17, 15) is 8.42 Å². The van der Waals surface area contributed by atoms with Crippen molar-refractivity contribution in [2.24, 2.45) is 7.05 Å². The van der Waals surface area contributed by atoms with Crippen molar-refractivity contribution in [1.82, 2.24) is 19.4 Å². The van der Waals surface area contributed by atoms with Crippen LogP contribution in [0.5, 0.6) is 0 Å². The van der Waals surface area contributed by atoms with E-state index in [0.717, 1.165) is 0 Å². The van der Waals surface area contributed by atoms with Gasteiger partial charge in [0.25, 0.3) is 0 Å². The maximum absolute atomic E-state index is 12.4. The van der Waals surface area contributed by atoms with Crippen molar-refractivity contribution < 1.29 is 8.42 Å². The van der Waals surface area contributed by atoms with Gasteiger partial charge in [-0.3, -0.25) is 9.58 Å². The van der Waals surface area contributed by atoms with Crippen molar-refractivity contribution in [2.75, 3.05) is 13.6 Å². The third-order valence-electron chi connectivity index (χ3n) is 4.10. The van der Waals surface area contributed by atoms with Crippen LogP contribution in [-0.2, 0) is 17.1 Å². The van der Waals surface area contributed by atoms with Gasteiger partial charge in [-0.05, 0) is 40.7 Å². The predicted molar refractivity (Wildman–Crippen MR) is 78.1 cm³/mol. The molecule has 6 nitrogen and oxygen atoms in total. The molecule has 1 aromatic heterocycles. The molecule has 1 aromatic rings. The van der Waals surface area contributed by atoms with Crippen molar-refractivity contribution in [3.05, 3.63) is 11.4 Å². The molecule has 0 spiro atoms. The minimum absolute atomic E-state index is 0.189. The molecule has 1 fully saturated rings. The number of rotatable bonds is 6. The molecular formula is C13H24N4O2S. The van der Waals surface area contributed by atoms with Crippen LogP contribution in [0.2, 0.25) is 0 Å². The summed E-state index contributed by atoms with van der Waals surface area (Å²) in [5.74, 6) is 0. The van der Waals surface area contributed by atoms with Crippen LogP contribution >= 0.6 is 0 Å². The van der Waals surface area contributed by atoms with E-state index < -0.39 is 10.0 Å². The van der Waals surface area contributed by atoms with Gasteiger partial charge < -0.3 is 0 Å². The second kappa shape index (κ2) is 5.46. The Bertz CT molecular complexity index is 590. The first-order chi connectivity index (χ1) is 9.24. The molecule has 20 heavy (non-hydrogen) atoms. The SMILES string of the molecule is Cc1nn(C)c(C)c1S(=O)(=O)NCC(C)N(C)C1CC1. The van der Waals surface area contributed by atoms with Gasteiger partial charge in [0.15, 0.2) is 0 Å². The van der Waals surface area contributed by atoms with E-state index >= 15 is 0 Å². The Morgan fingerprint density at radius 2 is 2.05 bits per heavy atom. The lowest BCUT2D eigenvalue weighted by Gasteiger charge is -2.24. The Morgan fingerprint density at radius 1 is 1.45 bits per heavy atom. The van der Waals surface area contributed by atoms with Crippen LogP contribution < -0.4 is 4.72 Å². The molecule has 1 saturated carbocycles. The van der Waals surface area contributed by atoms with E-state index in [4.69, 9.17) is 0 Å². The van der Waals surface area contributed by atoms with Gasteiger partial charge in [-0.1, -0.05) is 0 Å².